The Morgan fingerprint density at radius 1 is 0.958 bits per heavy atom. The van der Waals surface area contributed by atoms with Gasteiger partial charge in [-0.1, -0.05) is 71.1 Å². The normalized spacial score (nSPS) is 13.0. The molecule has 0 saturated heterocycles. The highest BCUT2D eigenvalue weighted by molar-refractivity contribution is 7.85. The topological polar surface area (TPSA) is 107 Å². The molecule has 0 bridgehead atoms. The van der Waals surface area contributed by atoms with Gasteiger partial charge in [0.1, 0.15) is 0 Å². The molecule has 0 rings (SSSR count). The molecule has 1 atom stereocenters. The third-order valence-electron chi connectivity index (χ3n) is 3.94. The number of amides is 1. The lowest BCUT2D eigenvalue weighted by Crippen LogP contribution is -2.35. The molecule has 0 heterocycles. The van der Waals surface area contributed by atoms with E-state index in [1.54, 1.807) is 0 Å². The number of carbonyl (C=O) groups excluding carboxylic acids is 1. The number of aliphatic hydroxyl groups is 1. The largest absolute Gasteiger partial charge is 0.748 e. The Kier molecular flexibility index (Phi) is 14.3. The average molecular weight is 365 g/mol. The number of carbonyl (C=O) groups is 1. The van der Waals surface area contributed by atoms with Gasteiger partial charge >= 0.3 is 0 Å². The fourth-order valence-corrected chi connectivity index (χ4v) is 3.15. The van der Waals surface area contributed by atoms with E-state index in [0.717, 1.165) is 19.3 Å². The molecule has 0 aliphatic heterocycles. The van der Waals surface area contributed by atoms with Gasteiger partial charge in [0.15, 0.2) is 0 Å². The van der Waals surface area contributed by atoms with Gasteiger partial charge < -0.3 is 15.0 Å². The van der Waals surface area contributed by atoms with Crippen LogP contribution in [0.15, 0.2) is 0 Å². The molecule has 0 spiro atoms. The molecular formula is C17H34NO5S-. The summed E-state index contributed by atoms with van der Waals surface area (Å²) >= 11 is 0. The van der Waals surface area contributed by atoms with E-state index < -0.39 is 22.0 Å². The lowest BCUT2D eigenvalue weighted by molar-refractivity contribution is -0.121. The highest BCUT2D eigenvalue weighted by Crippen LogP contribution is 2.11. The standard InChI is InChI=1S/C17H35NO5S/c1-2-3-4-5-6-7-8-9-10-11-12-13-17(20)18-14-16(19)15-24(21,22)23/h16,19H,2-15H2,1H3,(H,18,20)(H,21,22,23)/p-1. The molecule has 0 aliphatic rings. The van der Waals surface area contributed by atoms with Crippen LogP contribution in [0.25, 0.3) is 0 Å². The van der Waals surface area contributed by atoms with Crippen LogP contribution in [0.3, 0.4) is 0 Å². The molecule has 0 aromatic rings. The van der Waals surface area contributed by atoms with E-state index in [1.807, 2.05) is 0 Å². The molecule has 0 aromatic carbocycles. The number of hydrogen-bond acceptors (Lipinski definition) is 5. The van der Waals surface area contributed by atoms with E-state index in [2.05, 4.69) is 12.2 Å². The number of rotatable bonds is 16. The molecule has 6 nitrogen and oxygen atoms in total. The van der Waals surface area contributed by atoms with Gasteiger partial charge in [0.05, 0.1) is 22.0 Å². The second-order valence-electron chi connectivity index (χ2n) is 6.47. The predicted molar refractivity (Wildman–Crippen MR) is 94.7 cm³/mol. The van der Waals surface area contributed by atoms with Gasteiger partial charge in [0, 0.05) is 13.0 Å². The van der Waals surface area contributed by atoms with Gasteiger partial charge in [0.2, 0.25) is 5.91 Å². The van der Waals surface area contributed by atoms with E-state index in [0.29, 0.717) is 6.42 Å². The zero-order chi connectivity index (χ0) is 18.3. The molecule has 1 unspecified atom stereocenters. The van der Waals surface area contributed by atoms with E-state index in [9.17, 15) is 22.9 Å². The molecule has 2 N–H and O–H groups in total. The Labute approximate surface area is 147 Å². The number of unbranched alkanes of at least 4 members (excludes halogenated alkanes) is 10. The van der Waals surface area contributed by atoms with Crippen LogP contribution >= 0.6 is 0 Å². The van der Waals surface area contributed by atoms with Crippen molar-refractivity contribution in [3.63, 3.8) is 0 Å². The molecule has 144 valence electrons. The summed E-state index contributed by atoms with van der Waals surface area (Å²) in [6.45, 7) is 2.03. The van der Waals surface area contributed by atoms with Gasteiger partial charge in [-0.3, -0.25) is 4.79 Å². The minimum absolute atomic E-state index is 0.196. The van der Waals surface area contributed by atoms with Crippen LogP contribution in [0, 0.1) is 0 Å². The van der Waals surface area contributed by atoms with Crippen molar-refractivity contribution in [2.24, 2.45) is 0 Å². The van der Waals surface area contributed by atoms with Crippen molar-refractivity contribution in [3.8, 4) is 0 Å². The first kappa shape index (κ1) is 23.3. The van der Waals surface area contributed by atoms with Gasteiger partial charge in [0.25, 0.3) is 0 Å². The second kappa shape index (κ2) is 14.7. The lowest BCUT2D eigenvalue weighted by Gasteiger charge is -2.14. The molecule has 0 saturated carbocycles. The average Bonchev–Trinajstić information content (AvgIpc) is 2.49. The van der Waals surface area contributed by atoms with E-state index >= 15 is 0 Å². The zero-order valence-electron chi connectivity index (χ0n) is 15.0. The molecule has 0 aromatic heterocycles. The van der Waals surface area contributed by atoms with Crippen molar-refractivity contribution in [1.29, 1.82) is 0 Å². The zero-order valence-corrected chi connectivity index (χ0v) is 15.8. The summed E-state index contributed by atoms with van der Waals surface area (Å²) in [4.78, 5) is 11.5. The first-order valence-electron chi connectivity index (χ1n) is 9.23. The highest BCUT2D eigenvalue weighted by atomic mass is 32.2. The van der Waals surface area contributed by atoms with Crippen LogP contribution < -0.4 is 5.32 Å². The first-order chi connectivity index (χ1) is 11.3. The van der Waals surface area contributed by atoms with Crippen molar-refractivity contribution in [2.75, 3.05) is 12.3 Å². The number of nitrogens with one attached hydrogen (secondary N) is 1. The van der Waals surface area contributed by atoms with E-state index in [-0.39, 0.29) is 12.5 Å². The molecule has 1 amide bonds. The summed E-state index contributed by atoms with van der Waals surface area (Å²) in [5.41, 5.74) is 0. The summed E-state index contributed by atoms with van der Waals surface area (Å²) in [6, 6.07) is 0. The fraction of sp³-hybridized carbons (Fsp3) is 0.941. The summed E-state index contributed by atoms with van der Waals surface area (Å²) in [5, 5.41) is 11.7. The molecule has 7 heteroatoms. The Bertz CT molecular complexity index is 411. The monoisotopic (exact) mass is 364 g/mol. The molecule has 24 heavy (non-hydrogen) atoms. The Morgan fingerprint density at radius 2 is 1.42 bits per heavy atom. The van der Waals surface area contributed by atoms with Crippen molar-refractivity contribution in [3.05, 3.63) is 0 Å². The Hall–Kier alpha value is -0.660. The highest BCUT2D eigenvalue weighted by Gasteiger charge is 2.10. The SMILES string of the molecule is CCCCCCCCCCCCCC(=O)NCC(O)CS(=O)(=O)[O-]. The maximum absolute atomic E-state index is 11.5. The van der Waals surface area contributed by atoms with Gasteiger partial charge in [-0.25, -0.2) is 8.42 Å². The molecule has 0 radical (unpaired) electrons. The fourth-order valence-electron chi connectivity index (χ4n) is 2.56. The third-order valence-corrected chi connectivity index (χ3v) is 4.73. The van der Waals surface area contributed by atoms with Crippen LogP contribution in [0.2, 0.25) is 0 Å². The van der Waals surface area contributed by atoms with E-state index in [4.69, 9.17) is 0 Å². The number of hydrogen-bond donors (Lipinski definition) is 2. The van der Waals surface area contributed by atoms with E-state index in [1.165, 1.54) is 51.4 Å². The van der Waals surface area contributed by atoms with Gasteiger partial charge in [-0.05, 0) is 6.42 Å². The van der Waals surface area contributed by atoms with Crippen LogP contribution in [-0.4, -0.2) is 42.4 Å². The van der Waals surface area contributed by atoms with Crippen molar-refractivity contribution in [2.45, 2.75) is 90.1 Å². The van der Waals surface area contributed by atoms with Gasteiger partial charge in [-0.15, -0.1) is 0 Å². The number of aliphatic hydroxyl groups excluding tert-OH is 1. The summed E-state index contributed by atoms with van der Waals surface area (Å²) in [7, 11) is -4.46. The van der Waals surface area contributed by atoms with Crippen LogP contribution in [0.4, 0.5) is 0 Å². The minimum Gasteiger partial charge on any atom is -0.748 e. The Morgan fingerprint density at radius 3 is 1.88 bits per heavy atom. The lowest BCUT2D eigenvalue weighted by atomic mass is 10.1. The first-order valence-corrected chi connectivity index (χ1v) is 10.8. The minimum atomic E-state index is -4.46. The molecule has 0 fully saturated rings. The molecular weight excluding hydrogens is 330 g/mol. The summed E-state index contributed by atoms with van der Waals surface area (Å²) < 4.78 is 31.3. The van der Waals surface area contributed by atoms with Crippen molar-refractivity contribution in [1.82, 2.24) is 5.32 Å². The van der Waals surface area contributed by atoms with Crippen molar-refractivity contribution >= 4 is 16.0 Å². The predicted octanol–water partition coefficient (Wildman–Crippen LogP) is 2.71. The maximum atomic E-state index is 11.5. The van der Waals surface area contributed by atoms with Crippen LogP contribution in [0.1, 0.15) is 84.0 Å². The van der Waals surface area contributed by atoms with Crippen LogP contribution in [-0.2, 0) is 14.9 Å². The molecule has 0 aliphatic carbocycles. The van der Waals surface area contributed by atoms with Crippen LogP contribution in [0.5, 0.6) is 0 Å². The van der Waals surface area contributed by atoms with Gasteiger partial charge in [-0.2, -0.15) is 0 Å². The quantitative estimate of drug-likeness (QED) is 0.323. The second-order valence-corrected chi connectivity index (χ2v) is 7.92. The Balaban J connectivity index is 3.37. The van der Waals surface area contributed by atoms with Crippen molar-refractivity contribution < 1.29 is 22.9 Å². The summed E-state index contributed by atoms with van der Waals surface area (Å²) in [6.07, 6.45) is 12.3. The smallest absolute Gasteiger partial charge is 0.220 e. The summed E-state index contributed by atoms with van der Waals surface area (Å²) in [5.74, 6) is -1.08. The third kappa shape index (κ3) is 17.7. The maximum Gasteiger partial charge on any atom is 0.220 e.